The minimum Gasteiger partial charge on any atom is -0.479 e. The lowest BCUT2D eigenvalue weighted by atomic mass is 9.96. The molecule has 0 aliphatic heterocycles. The van der Waals surface area contributed by atoms with Crippen LogP contribution in [-0.2, 0) is 28.7 Å². The van der Waals surface area contributed by atoms with Gasteiger partial charge < -0.3 is 19.7 Å². The second kappa shape index (κ2) is 6.83. The third kappa shape index (κ3) is 6.51. The van der Waals surface area contributed by atoms with Gasteiger partial charge in [-0.2, -0.15) is 0 Å². The first-order valence-electron chi connectivity index (χ1n) is 5.43. The summed E-state index contributed by atoms with van der Waals surface area (Å²) in [5.41, 5.74) is -2.67. The van der Waals surface area contributed by atoms with Crippen LogP contribution in [0, 0.1) is 0 Å². The second-order valence-corrected chi connectivity index (χ2v) is 4.19. The summed E-state index contributed by atoms with van der Waals surface area (Å²) >= 11 is 0. The van der Waals surface area contributed by atoms with Crippen LogP contribution in [-0.4, -0.2) is 45.8 Å². The zero-order chi connectivity index (χ0) is 15.2. The lowest BCUT2D eigenvalue weighted by molar-refractivity contribution is -0.176. The molecule has 0 fully saturated rings. The van der Waals surface area contributed by atoms with Gasteiger partial charge in [0.05, 0.1) is 18.9 Å². The molecule has 1 unspecified atom stereocenters. The van der Waals surface area contributed by atoms with Gasteiger partial charge in [-0.1, -0.05) is 0 Å². The molecule has 0 heterocycles. The number of aliphatic hydroxyl groups is 1. The standard InChI is InChI=1S/C11H16O8/c1-6(2)18-8(13)4-11(17,10(15)16)5-9(14)19-7(3)12/h6,17H,4-5H2,1-3H3,(H,15,16). The minimum atomic E-state index is -2.67. The van der Waals surface area contributed by atoms with E-state index in [-0.39, 0.29) is 0 Å². The van der Waals surface area contributed by atoms with Crippen molar-refractivity contribution >= 4 is 23.9 Å². The highest BCUT2D eigenvalue weighted by Crippen LogP contribution is 2.18. The van der Waals surface area contributed by atoms with Gasteiger partial charge in [0.25, 0.3) is 0 Å². The fraction of sp³-hybridized carbons (Fsp3) is 0.636. The predicted octanol–water partition coefficient (Wildman–Crippen LogP) is -0.376. The van der Waals surface area contributed by atoms with Gasteiger partial charge in [0.15, 0.2) is 5.60 Å². The maximum absolute atomic E-state index is 11.3. The Labute approximate surface area is 109 Å². The number of carbonyl (C=O) groups excluding carboxylic acids is 3. The zero-order valence-electron chi connectivity index (χ0n) is 10.8. The monoisotopic (exact) mass is 276 g/mol. The van der Waals surface area contributed by atoms with Crippen LogP contribution in [0.1, 0.15) is 33.6 Å². The van der Waals surface area contributed by atoms with E-state index < -0.39 is 48.4 Å². The zero-order valence-corrected chi connectivity index (χ0v) is 10.8. The number of rotatable bonds is 6. The summed E-state index contributed by atoms with van der Waals surface area (Å²) in [5.74, 6) is -4.94. The number of ether oxygens (including phenoxy) is 2. The molecule has 0 saturated carbocycles. The molecule has 0 saturated heterocycles. The Bertz CT molecular complexity index is 386. The van der Waals surface area contributed by atoms with Crippen molar-refractivity contribution in [3.63, 3.8) is 0 Å². The van der Waals surface area contributed by atoms with Crippen molar-refractivity contribution in [3.05, 3.63) is 0 Å². The number of hydrogen-bond acceptors (Lipinski definition) is 7. The van der Waals surface area contributed by atoms with Crippen molar-refractivity contribution in [2.75, 3.05) is 0 Å². The molecule has 8 nitrogen and oxygen atoms in total. The average Bonchev–Trinajstić information content (AvgIpc) is 2.12. The van der Waals surface area contributed by atoms with E-state index in [4.69, 9.17) is 5.11 Å². The summed E-state index contributed by atoms with van der Waals surface area (Å²) in [6, 6.07) is 0. The van der Waals surface area contributed by atoms with Crippen LogP contribution in [0.2, 0.25) is 0 Å². The van der Waals surface area contributed by atoms with Gasteiger partial charge in [-0.25, -0.2) is 4.79 Å². The van der Waals surface area contributed by atoms with E-state index in [1.165, 1.54) is 0 Å². The highest BCUT2D eigenvalue weighted by molar-refractivity contribution is 5.91. The summed E-state index contributed by atoms with van der Waals surface area (Å²) in [6.45, 7) is 4.04. The van der Waals surface area contributed by atoms with Gasteiger partial charge in [0, 0.05) is 6.92 Å². The Balaban J connectivity index is 4.76. The summed E-state index contributed by atoms with van der Waals surface area (Å²) in [4.78, 5) is 43.9. The molecule has 0 radical (unpaired) electrons. The second-order valence-electron chi connectivity index (χ2n) is 4.19. The van der Waals surface area contributed by atoms with E-state index in [0.29, 0.717) is 0 Å². The molecule has 19 heavy (non-hydrogen) atoms. The number of hydrogen-bond donors (Lipinski definition) is 2. The van der Waals surface area contributed by atoms with E-state index in [1.54, 1.807) is 13.8 Å². The van der Waals surface area contributed by atoms with Crippen molar-refractivity contribution in [2.45, 2.75) is 45.3 Å². The van der Waals surface area contributed by atoms with E-state index in [0.717, 1.165) is 6.92 Å². The van der Waals surface area contributed by atoms with Gasteiger partial charge in [-0.05, 0) is 13.8 Å². The molecular weight excluding hydrogens is 260 g/mol. The molecular formula is C11H16O8. The molecule has 1 atom stereocenters. The van der Waals surface area contributed by atoms with Crippen molar-refractivity contribution < 1.29 is 38.9 Å². The highest BCUT2D eigenvalue weighted by atomic mass is 16.6. The predicted molar refractivity (Wildman–Crippen MR) is 59.8 cm³/mol. The molecule has 0 aliphatic carbocycles. The molecule has 108 valence electrons. The van der Waals surface area contributed by atoms with Crippen LogP contribution in [0.4, 0.5) is 0 Å². The van der Waals surface area contributed by atoms with E-state index in [2.05, 4.69) is 9.47 Å². The number of carboxylic acids is 1. The quantitative estimate of drug-likeness (QED) is 0.496. The molecule has 8 heteroatoms. The van der Waals surface area contributed by atoms with Gasteiger partial charge in [0.2, 0.25) is 0 Å². The summed E-state index contributed by atoms with van der Waals surface area (Å²) in [6.07, 6.45) is -2.45. The molecule has 0 aromatic heterocycles. The van der Waals surface area contributed by atoms with E-state index in [1.807, 2.05) is 0 Å². The van der Waals surface area contributed by atoms with Gasteiger partial charge in [-0.15, -0.1) is 0 Å². The first-order chi connectivity index (χ1) is 8.56. The molecule has 0 aromatic rings. The van der Waals surface area contributed by atoms with E-state index in [9.17, 15) is 24.3 Å². The molecule has 0 rings (SSSR count). The van der Waals surface area contributed by atoms with Crippen molar-refractivity contribution in [1.29, 1.82) is 0 Å². The SMILES string of the molecule is CC(=O)OC(=O)CC(O)(CC(=O)OC(C)C)C(=O)O. The topological polar surface area (TPSA) is 127 Å². The Morgan fingerprint density at radius 2 is 1.58 bits per heavy atom. The van der Waals surface area contributed by atoms with E-state index >= 15 is 0 Å². The maximum Gasteiger partial charge on any atom is 0.336 e. The molecule has 0 amide bonds. The smallest absolute Gasteiger partial charge is 0.336 e. The van der Waals surface area contributed by atoms with Crippen molar-refractivity contribution in [2.24, 2.45) is 0 Å². The maximum atomic E-state index is 11.3. The normalized spacial score (nSPS) is 13.5. The van der Waals surface area contributed by atoms with Crippen molar-refractivity contribution in [1.82, 2.24) is 0 Å². The average molecular weight is 276 g/mol. The van der Waals surface area contributed by atoms with Crippen LogP contribution in [0.25, 0.3) is 0 Å². The third-order valence-electron chi connectivity index (χ3n) is 1.90. The fourth-order valence-electron chi connectivity index (χ4n) is 1.19. The number of esters is 3. The first-order valence-corrected chi connectivity index (χ1v) is 5.43. The third-order valence-corrected chi connectivity index (χ3v) is 1.90. The Morgan fingerprint density at radius 3 is 1.95 bits per heavy atom. The van der Waals surface area contributed by atoms with Crippen molar-refractivity contribution in [3.8, 4) is 0 Å². The van der Waals surface area contributed by atoms with Crippen LogP contribution in [0.5, 0.6) is 0 Å². The Hall–Kier alpha value is -1.96. The molecule has 0 spiro atoms. The van der Waals surface area contributed by atoms with Crippen LogP contribution in [0.15, 0.2) is 0 Å². The lowest BCUT2D eigenvalue weighted by Crippen LogP contribution is -2.43. The Kier molecular flexibility index (Phi) is 6.13. The van der Waals surface area contributed by atoms with Gasteiger partial charge in [-0.3, -0.25) is 14.4 Å². The summed E-state index contributed by atoms with van der Waals surface area (Å²) in [7, 11) is 0. The molecule has 0 aliphatic rings. The number of aliphatic carboxylic acids is 1. The summed E-state index contributed by atoms with van der Waals surface area (Å²) < 4.78 is 8.78. The molecule has 2 N–H and O–H groups in total. The number of carbonyl (C=O) groups is 4. The largest absolute Gasteiger partial charge is 0.479 e. The van der Waals surface area contributed by atoms with Crippen LogP contribution < -0.4 is 0 Å². The minimum absolute atomic E-state index is 0.491. The Morgan fingerprint density at radius 1 is 1.11 bits per heavy atom. The van der Waals surface area contributed by atoms with Gasteiger partial charge in [0.1, 0.15) is 0 Å². The molecule has 0 bridgehead atoms. The van der Waals surface area contributed by atoms with Gasteiger partial charge >= 0.3 is 23.9 Å². The molecule has 0 aromatic carbocycles. The fourth-order valence-corrected chi connectivity index (χ4v) is 1.19. The first kappa shape index (κ1) is 17.0. The van der Waals surface area contributed by atoms with Crippen LogP contribution >= 0.6 is 0 Å². The van der Waals surface area contributed by atoms with Crippen LogP contribution in [0.3, 0.4) is 0 Å². The number of carboxylic acid groups (broad SMARTS) is 1. The lowest BCUT2D eigenvalue weighted by Gasteiger charge is -2.21. The summed E-state index contributed by atoms with van der Waals surface area (Å²) in [5, 5.41) is 18.6. The highest BCUT2D eigenvalue weighted by Gasteiger charge is 2.42.